The summed E-state index contributed by atoms with van der Waals surface area (Å²) in [4.78, 5) is 29.2. The summed E-state index contributed by atoms with van der Waals surface area (Å²) in [7, 11) is 1.53. The van der Waals surface area contributed by atoms with Crippen molar-refractivity contribution in [1.29, 1.82) is 0 Å². The fraction of sp³-hybridized carbons (Fsp3) is 0.211. The van der Waals surface area contributed by atoms with Crippen LogP contribution in [0.15, 0.2) is 48.5 Å². The van der Waals surface area contributed by atoms with E-state index in [0.717, 1.165) is 4.57 Å². The molecular formula is C19H18F2N4O2. The third kappa shape index (κ3) is 3.94. The molecule has 0 atom stereocenters. The van der Waals surface area contributed by atoms with Crippen LogP contribution >= 0.6 is 0 Å². The van der Waals surface area contributed by atoms with E-state index in [0.29, 0.717) is 22.3 Å². The Bertz CT molecular complexity index is 983. The Kier molecular flexibility index (Phi) is 5.16. The number of halogens is 2. The second-order valence-corrected chi connectivity index (χ2v) is 6.08. The SMILES string of the molecule is CC(=O)Nc1ccc(C(=O)N(C)Cc2nc3ccccc3n2C(F)F)cc1. The summed E-state index contributed by atoms with van der Waals surface area (Å²) < 4.78 is 27.8. The molecule has 0 unspecified atom stereocenters. The number of rotatable bonds is 5. The second kappa shape index (κ2) is 7.53. The van der Waals surface area contributed by atoms with Gasteiger partial charge >= 0.3 is 6.55 Å². The summed E-state index contributed by atoms with van der Waals surface area (Å²) in [6.45, 7) is -1.43. The van der Waals surface area contributed by atoms with Crippen molar-refractivity contribution in [2.45, 2.75) is 20.0 Å². The zero-order chi connectivity index (χ0) is 19.6. The van der Waals surface area contributed by atoms with Crippen molar-refractivity contribution in [1.82, 2.24) is 14.5 Å². The number of hydrogen-bond donors (Lipinski definition) is 1. The molecule has 1 heterocycles. The number of nitrogens with one attached hydrogen (secondary N) is 1. The first-order chi connectivity index (χ1) is 12.9. The van der Waals surface area contributed by atoms with Crippen LogP contribution in [-0.4, -0.2) is 33.3 Å². The smallest absolute Gasteiger partial charge is 0.320 e. The largest absolute Gasteiger partial charge is 0.334 e. The van der Waals surface area contributed by atoms with Gasteiger partial charge in [-0.25, -0.2) is 4.98 Å². The highest BCUT2D eigenvalue weighted by atomic mass is 19.3. The first-order valence-corrected chi connectivity index (χ1v) is 8.24. The Morgan fingerprint density at radius 2 is 1.81 bits per heavy atom. The van der Waals surface area contributed by atoms with E-state index >= 15 is 0 Å². The van der Waals surface area contributed by atoms with Gasteiger partial charge < -0.3 is 10.2 Å². The van der Waals surface area contributed by atoms with Gasteiger partial charge in [-0.1, -0.05) is 12.1 Å². The zero-order valence-electron chi connectivity index (χ0n) is 14.8. The minimum absolute atomic E-state index is 0.0642. The molecule has 27 heavy (non-hydrogen) atoms. The van der Waals surface area contributed by atoms with Gasteiger partial charge in [0.25, 0.3) is 5.91 Å². The molecule has 1 aromatic heterocycles. The van der Waals surface area contributed by atoms with Crippen molar-refractivity contribution >= 4 is 28.5 Å². The van der Waals surface area contributed by atoms with Crippen molar-refractivity contribution in [2.75, 3.05) is 12.4 Å². The minimum atomic E-state index is -2.76. The minimum Gasteiger partial charge on any atom is -0.334 e. The molecule has 0 aliphatic rings. The number of anilines is 1. The summed E-state index contributed by atoms with van der Waals surface area (Å²) in [5.74, 6) is -0.439. The lowest BCUT2D eigenvalue weighted by Gasteiger charge is -2.18. The quantitative estimate of drug-likeness (QED) is 0.743. The lowest BCUT2D eigenvalue weighted by atomic mass is 10.2. The number of aromatic nitrogens is 2. The van der Waals surface area contributed by atoms with E-state index in [4.69, 9.17) is 0 Å². The Morgan fingerprint density at radius 3 is 2.44 bits per heavy atom. The molecule has 2 amide bonds. The number of amides is 2. The molecule has 0 spiro atoms. The van der Waals surface area contributed by atoms with Crippen LogP contribution in [0.2, 0.25) is 0 Å². The molecule has 0 saturated carbocycles. The van der Waals surface area contributed by atoms with Crippen molar-refractivity contribution in [3.63, 3.8) is 0 Å². The van der Waals surface area contributed by atoms with Gasteiger partial charge in [0.2, 0.25) is 5.91 Å². The van der Waals surface area contributed by atoms with Crippen LogP contribution in [-0.2, 0) is 11.3 Å². The van der Waals surface area contributed by atoms with Gasteiger partial charge in [-0.05, 0) is 36.4 Å². The average molecular weight is 372 g/mol. The van der Waals surface area contributed by atoms with Gasteiger partial charge in [-0.15, -0.1) is 0 Å². The zero-order valence-corrected chi connectivity index (χ0v) is 14.8. The molecule has 0 bridgehead atoms. The van der Waals surface area contributed by atoms with E-state index in [2.05, 4.69) is 10.3 Å². The number of carbonyl (C=O) groups is 2. The number of carbonyl (C=O) groups excluding carboxylic acids is 2. The van der Waals surface area contributed by atoms with Crippen molar-refractivity contribution in [2.24, 2.45) is 0 Å². The number of hydrogen-bond acceptors (Lipinski definition) is 3. The third-order valence-electron chi connectivity index (χ3n) is 4.04. The van der Waals surface area contributed by atoms with Gasteiger partial charge in [0.15, 0.2) is 0 Å². The number of fused-ring (bicyclic) bond motifs is 1. The molecule has 140 valence electrons. The molecule has 0 fully saturated rings. The van der Waals surface area contributed by atoms with Crippen LogP contribution in [0.4, 0.5) is 14.5 Å². The number of benzene rings is 2. The Hall–Kier alpha value is -3.29. The fourth-order valence-corrected chi connectivity index (χ4v) is 2.83. The predicted octanol–water partition coefficient (Wildman–Crippen LogP) is 3.66. The van der Waals surface area contributed by atoms with E-state index < -0.39 is 6.55 Å². The number of alkyl halides is 2. The van der Waals surface area contributed by atoms with Gasteiger partial charge in [0.05, 0.1) is 17.6 Å². The maximum Gasteiger partial charge on any atom is 0.320 e. The molecule has 2 aromatic carbocycles. The van der Waals surface area contributed by atoms with Crippen LogP contribution in [0, 0.1) is 0 Å². The molecule has 0 saturated heterocycles. The van der Waals surface area contributed by atoms with Crippen LogP contribution in [0.5, 0.6) is 0 Å². The Morgan fingerprint density at radius 1 is 1.15 bits per heavy atom. The normalized spacial score (nSPS) is 11.0. The molecule has 0 radical (unpaired) electrons. The lowest BCUT2D eigenvalue weighted by Crippen LogP contribution is -2.28. The highest BCUT2D eigenvalue weighted by Gasteiger charge is 2.21. The van der Waals surface area contributed by atoms with Crippen LogP contribution in [0.3, 0.4) is 0 Å². The van der Waals surface area contributed by atoms with Gasteiger partial charge in [-0.2, -0.15) is 8.78 Å². The highest BCUT2D eigenvalue weighted by Crippen LogP contribution is 2.24. The van der Waals surface area contributed by atoms with E-state index in [1.165, 1.54) is 18.9 Å². The fourth-order valence-electron chi connectivity index (χ4n) is 2.83. The van der Waals surface area contributed by atoms with Crippen LogP contribution in [0.25, 0.3) is 11.0 Å². The van der Waals surface area contributed by atoms with E-state index in [-0.39, 0.29) is 24.2 Å². The summed E-state index contributed by atoms with van der Waals surface area (Å²) in [6, 6.07) is 13.0. The summed E-state index contributed by atoms with van der Waals surface area (Å²) in [6.07, 6.45) is 0. The topological polar surface area (TPSA) is 67.2 Å². The van der Waals surface area contributed by atoms with Crippen molar-refractivity contribution in [3.05, 3.63) is 59.9 Å². The predicted molar refractivity (Wildman–Crippen MR) is 97.5 cm³/mol. The van der Waals surface area contributed by atoms with E-state index in [1.54, 1.807) is 48.5 Å². The van der Waals surface area contributed by atoms with E-state index in [9.17, 15) is 18.4 Å². The monoisotopic (exact) mass is 372 g/mol. The maximum atomic E-state index is 13.5. The molecule has 3 rings (SSSR count). The van der Waals surface area contributed by atoms with Gasteiger partial charge in [0, 0.05) is 25.2 Å². The van der Waals surface area contributed by atoms with Crippen LogP contribution < -0.4 is 5.32 Å². The molecule has 0 aliphatic carbocycles. The van der Waals surface area contributed by atoms with Crippen molar-refractivity contribution < 1.29 is 18.4 Å². The van der Waals surface area contributed by atoms with Gasteiger partial charge in [0.1, 0.15) is 5.82 Å². The van der Waals surface area contributed by atoms with Gasteiger partial charge in [-0.3, -0.25) is 14.2 Å². The summed E-state index contributed by atoms with van der Waals surface area (Å²) in [5.41, 5.74) is 1.73. The van der Waals surface area contributed by atoms with Crippen molar-refractivity contribution in [3.8, 4) is 0 Å². The number of imidazole rings is 1. The third-order valence-corrected chi connectivity index (χ3v) is 4.04. The maximum absolute atomic E-state index is 13.5. The Labute approximate surface area is 154 Å². The summed E-state index contributed by atoms with van der Waals surface area (Å²) in [5, 5.41) is 2.61. The number of para-hydroxylation sites is 2. The highest BCUT2D eigenvalue weighted by molar-refractivity contribution is 5.95. The first-order valence-electron chi connectivity index (χ1n) is 8.24. The van der Waals surface area contributed by atoms with Crippen LogP contribution in [0.1, 0.15) is 29.7 Å². The standard InChI is InChI=1S/C19H18F2N4O2/c1-12(26)22-14-9-7-13(8-10-14)18(27)24(2)11-17-23-15-5-3-4-6-16(15)25(17)19(20)21/h3-10,19H,11H2,1-2H3,(H,22,26). The molecule has 0 aliphatic heterocycles. The summed E-state index contributed by atoms with van der Waals surface area (Å²) >= 11 is 0. The second-order valence-electron chi connectivity index (χ2n) is 6.08. The first kappa shape index (κ1) is 18.5. The molecule has 3 aromatic rings. The Balaban J connectivity index is 1.81. The lowest BCUT2D eigenvalue weighted by molar-refractivity contribution is -0.114. The molecule has 1 N–H and O–H groups in total. The molecule has 8 heteroatoms. The van der Waals surface area contributed by atoms with E-state index in [1.807, 2.05) is 0 Å². The average Bonchev–Trinajstić information content (AvgIpc) is 2.99. The molecular weight excluding hydrogens is 354 g/mol. The molecule has 6 nitrogen and oxygen atoms in total. The number of nitrogens with zero attached hydrogens (tertiary/aromatic N) is 3.